The van der Waals surface area contributed by atoms with E-state index in [4.69, 9.17) is 12.2 Å². The summed E-state index contributed by atoms with van der Waals surface area (Å²) in [5, 5.41) is 26.4. The summed E-state index contributed by atoms with van der Waals surface area (Å²) in [5.74, 6) is -1.93. The van der Waals surface area contributed by atoms with Crippen LogP contribution in [0.3, 0.4) is 0 Å². The minimum atomic E-state index is -0.966. The third-order valence-corrected chi connectivity index (χ3v) is 4.58. The molecule has 0 bridgehead atoms. The standard InChI is InChI=1S/C20H20N6O7S/c1-11-3-4-12(2)16(7-11)21-17(27)5-6-18(28)23-24-20(34)22-19(29)13-8-14(25(30)31)10-15(9-13)26(32)33/h3-4,7-10H,5-6H2,1-2H3,(H,21,27)(H,23,28)(H2,22,24,29,34). The maximum Gasteiger partial charge on any atom is 0.277 e. The molecule has 0 heterocycles. The molecule has 2 aromatic rings. The van der Waals surface area contributed by atoms with E-state index in [9.17, 15) is 34.6 Å². The van der Waals surface area contributed by atoms with E-state index in [2.05, 4.69) is 21.5 Å². The lowest BCUT2D eigenvalue weighted by atomic mass is 10.1. The Labute approximate surface area is 198 Å². The molecule has 0 aliphatic rings. The molecule has 0 saturated carbocycles. The Bertz CT molecular complexity index is 1150. The molecule has 4 N–H and O–H groups in total. The minimum Gasteiger partial charge on any atom is -0.326 e. The van der Waals surface area contributed by atoms with Crippen molar-refractivity contribution in [2.24, 2.45) is 0 Å². The zero-order chi connectivity index (χ0) is 25.4. The summed E-state index contributed by atoms with van der Waals surface area (Å²) in [6, 6.07) is 7.99. The van der Waals surface area contributed by atoms with Crippen LogP contribution in [0, 0.1) is 34.1 Å². The number of nitro groups is 2. The van der Waals surface area contributed by atoms with Gasteiger partial charge < -0.3 is 5.32 Å². The largest absolute Gasteiger partial charge is 0.326 e. The molecule has 3 amide bonds. The zero-order valence-electron chi connectivity index (χ0n) is 18.0. The van der Waals surface area contributed by atoms with Gasteiger partial charge in [0.05, 0.1) is 21.5 Å². The number of nitro benzene ring substituents is 2. The molecular formula is C20H20N6O7S. The van der Waals surface area contributed by atoms with E-state index in [0.29, 0.717) is 11.8 Å². The molecule has 2 rings (SSSR count). The fourth-order valence-corrected chi connectivity index (χ4v) is 2.79. The van der Waals surface area contributed by atoms with E-state index in [0.717, 1.165) is 23.3 Å². The van der Waals surface area contributed by atoms with Gasteiger partial charge in [0.1, 0.15) is 0 Å². The lowest BCUT2D eigenvalue weighted by molar-refractivity contribution is -0.394. The summed E-state index contributed by atoms with van der Waals surface area (Å²) in [7, 11) is 0. The van der Waals surface area contributed by atoms with E-state index < -0.39 is 33.0 Å². The van der Waals surface area contributed by atoms with Crippen LogP contribution in [-0.2, 0) is 9.59 Å². The van der Waals surface area contributed by atoms with Crippen LogP contribution in [0.25, 0.3) is 0 Å². The molecule has 0 atom stereocenters. The van der Waals surface area contributed by atoms with Crippen LogP contribution in [0.4, 0.5) is 17.1 Å². The van der Waals surface area contributed by atoms with Gasteiger partial charge in [0.25, 0.3) is 17.3 Å². The second-order valence-corrected chi connectivity index (χ2v) is 7.48. The van der Waals surface area contributed by atoms with E-state index in [1.54, 1.807) is 0 Å². The van der Waals surface area contributed by atoms with Crippen molar-refractivity contribution in [2.45, 2.75) is 26.7 Å². The summed E-state index contributed by atoms with van der Waals surface area (Å²) in [5.41, 5.74) is 5.27. The first-order valence-corrected chi connectivity index (χ1v) is 10.1. The Morgan fingerprint density at radius 3 is 2.06 bits per heavy atom. The Balaban J connectivity index is 1.84. The number of non-ortho nitro benzene ring substituents is 2. The molecule has 178 valence electrons. The van der Waals surface area contributed by atoms with E-state index >= 15 is 0 Å². The lowest BCUT2D eigenvalue weighted by Gasteiger charge is -2.11. The average molecular weight is 488 g/mol. The summed E-state index contributed by atoms with van der Waals surface area (Å²) < 4.78 is 0. The number of carbonyl (C=O) groups excluding carboxylic acids is 3. The van der Waals surface area contributed by atoms with Crippen molar-refractivity contribution >= 4 is 52.1 Å². The molecule has 0 saturated heterocycles. The number of thiocarbonyl (C=S) groups is 1. The van der Waals surface area contributed by atoms with Crippen molar-refractivity contribution in [3.8, 4) is 0 Å². The maximum atomic E-state index is 12.2. The third kappa shape index (κ3) is 7.59. The summed E-state index contributed by atoms with van der Waals surface area (Å²) >= 11 is 4.86. The van der Waals surface area contributed by atoms with Gasteiger partial charge in [0, 0.05) is 30.7 Å². The molecule has 34 heavy (non-hydrogen) atoms. The monoisotopic (exact) mass is 488 g/mol. The van der Waals surface area contributed by atoms with Gasteiger partial charge in [-0.25, -0.2) is 0 Å². The molecule has 0 radical (unpaired) electrons. The van der Waals surface area contributed by atoms with Crippen molar-refractivity contribution in [2.75, 3.05) is 5.32 Å². The summed E-state index contributed by atoms with van der Waals surface area (Å²) in [6.45, 7) is 3.73. The first-order valence-electron chi connectivity index (χ1n) is 9.67. The number of nitrogens with one attached hydrogen (secondary N) is 4. The number of amides is 3. The number of hydrazine groups is 1. The maximum absolute atomic E-state index is 12.2. The van der Waals surface area contributed by atoms with Crippen LogP contribution in [-0.4, -0.2) is 32.7 Å². The zero-order valence-corrected chi connectivity index (χ0v) is 18.9. The molecule has 13 nitrogen and oxygen atoms in total. The van der Waals surface area contributed by atoms with Crippen LogP contribution >= 0.6 is 12.2 Å². The summed E-state index contributed by atoms with van der Waals surface area (Å²) in [4.78, 5) is 56.4. The molecule has 2 aromatic carbocycles. The molecule has 0 fully saturated rings. The normalized spacial score (nSPS) is 10.1. The third-order valence-electron chi connectivity index (χ3n) is 4.38. The molecule has 14 heteroatoms. The highest BCUT2D eigenvalue weighted by Crippen LogP contribution is 2.22. The van der Waals surface area contributed by atoms with E-state index in [-0.39, 0.29) is 29.4 Å². The molecule has 0 aromatic heterocycles. The van der Waals surface area contributed by atoms with Gasteiger partial charge in [-0.1, -0.05) is 12.1 Å². The predicted molar refractivity (Wildman–Crippen MR) is 125 cm³/mol. The number of hydrogen-bond donors (Lipinski definition) is 4. The van der Waals surface area contributed by atoms with Crippen LogP contribution in [0.1, 0.15) is 34.3 Å². The van der Waals surface area contributed by atoms with Crippen molar-refractivity contribution in [1.29, 1.82) is 0 Å². The quantitative estimate of drug-likeness (QED) is 0.257. The fourth-order valence-electron chi connectivity index (χ4n) is 2.64. The SMILES string of the molecule is Cc1ccc(C)c(NC(=O)CCC(=O)NNC(=S)NC(=O)c2cc([N+](=O)[O-])cc([N+](=O)[O-])c2)c1. The molecule has 0 spiro atoms. The second-order valence-electron chi connectivity index (χ2n) is 7.08. The van der Waals surface area contributed by atoms with Gasteiger partial charge >= 0.3 is 0 Å². The van der Waals surface area contributed by atoms with Crippen LogP contribution in [0.2, 0.25) is 0 Å². The highest BCUT2D eigenvalue weighted by Gasteiger charge is 2.20. The smallest absolute Gasteiger partial charge is 0.277 e. The van der Waals surface area contributed by atoms with Crippen molar-refractivity contribution < 1.29 is 24.2 Å². The highest BCUT2D eigenvalue weighted by atomic mass is 32.1. The number of carbonyl (C=O) groups is 3. The Morgan fingerprint density at radius 2 is 1.47 bits per heavy atom. The number of anilines is 1. The second kappa shape index (κ2) is 11.4. The first-order chi connectivity index (χ1) is 16.0. The minimum absolute atomic E-state index is 0.114. The van der Waals surface area contributed by atoms with Gasteiger partial charge in [-0.3, -0.25) is 50.8 Å². The predicted octanol–water partition coefficient (Wildman–Crippen LogP) is 2.17. The van der Waals surface area contributed by atoms with Gasteiger partial charge in [0.15, 0.2) is 5.11 Å². The Morgan fingerprint density at radius 1 is 0.882 bits per heavy atom. The molecular weight excluding hydrogens is 468 g/mol. The molecule has 0 aliphatic heterocycles. The Kier molecular flexibility index (Phi) is 8.66. The number of aryl methyl sites for hydroxylation is 2. The van der Waals surface area contributed by atoms with Crippen LogP contribution < -0.4 is 21.5 Å². The number of rotatable bonds is 7. The van der Waals surface area contributed by atoms with E-state index in [1.807, 2.05) is 32.0 Å². The number of nitrogens with zero attached hydrogens (tertiary/aromatic N) is 2. The van der Waals surface area contributed by atoms with Gasteiger partial charge in [-0.05, 0) is 43.3 Å². The van der Waals surface area contributed by atoms with Crippen LogP contribution in [0.15, 0.2) is 36.4 Å². The van der Waals surface area contributed by atoms with Crippen LogP contribution in [0.5, 0.6) is 0 Å². The van der Waals surface area contributed by atoms with Crippen molar-refractivity contribution in [3.63, 3.8) is 0 Å². The summed E-state index contributed by atoms with van der Waals surface area (Å²) in [6.07, 6.45) is -0.297. The number of benzene rings is 2. The average Bonchev–Trinajstić information content (AvgIpc) is 2.78. The molecule has 0 unspecified atom stereocenters. The van der Waals surface area contributed by atoms with Gasteiger partial charge in [-0.15, -0.1) is 0 Å². The highest BCUT2D eigenvalue weighted by molar-refractivity contribution is 7.80. The molecule has 0 aliphatic carbocycles. The fraction of sp³-hybridized carbons (Fsp3) is 0.200. The van der Waals surface area contributed by atoms with Crippen molar-refractivity contribution in [1.82, 2.24) is 16.2 Å². The van der Waals surface area contributed by atoms with E-state index in [1.165, 1.54) is 0 Å². The Hall–Kier alpha value is -4.46. The van der Waals surface area contributed by atoms with Gasteiger partial charge in [-0.2, -0.15) is 0 Å². The first kappa shape index (κ1) is 25.8. The topological polar surface area (TPSA) is 186 Å². The lowest BCUT2D eigenvalue weighted by Crippen LogP contribution is -2.48. The number of hydrogen-bond acceptors (Lipinski definition) is 8. The van der Waals surface area contributed by atoms with Gasteiger partial charge in [0.2, 0.25) is 11.8 Å². The van der Waals surface area contributed by atoms with Crippen molar-refractivity contribution in [3.05, 3.63) is 73.3 Å².